The lowest BCUT2D eigenvalue weighted by Crippen LogP contribution is -2.25. The maximum atomic E-state index is 13.7. The van der Waals surface area contributed by atoms with Gasteiger partial charge in [-0.2, -0.15) is 5.10 Å². The van der Waals surface area contributed by atoms with Gasteiger partial charge in [-0.15, -0.1) is 0 Å². The summed E-state index contributed by atoms with van der Waals surface area (Å²) in [7, 11) is 0. The number of nitrogens with one attached hydrogen (secondary N) is 1. The lowest BCUT2D eigenvalue weighted by atomic mass is 9.99. The summed E-state index contributed by atoms with van der Waals surface area (Å²) in [6.45, 7) is 0.306. The molecule has 2 aromatic carbocycles. The van der Waals surface area contributed by atoms with Crippen LogP contribution in [-0.2, 0) is 13.0 Å². The van der Waals surface area contributed by atoms with Gasteiger partial charge in [0.2, 0.25) is 0 Å². The molecule has 5 aromatic rings. The second-order valence-corrected chi connectivity index (χ2v) is 9.00. The fourth-order valence-electron chi connectivity index (χ4n) is 4.65. The predicted octanol–water partition coefficient (Wildman–Crippen LogP) is 5.28. The standard InChI is InChI=1S/C28H21ClN6O/c29-21-10-7-18(8-11-21)14-19-9-12-23-25(22-5-1-2-6-24(22)34-26(19)23)28(36)32-15-20-4-3-13-31-27(20)35-17-30-16-33-35/h1-8,10-11,13-14,16-17H,9,12,15H2,(H,32,36)/b19-14-. The minimum atomic E-state index is -0.133. The van der Waals surface area contributed by atoms with E-state index in [0.29, 0.717) is 22.9 Å². The van der Waals surface area contributed by atoms with E-state index in [1.54, 1.807) is 17.2 Å². The van der Waals surface area contributed by atoms with Gasteiger partial charge in [-0.25, -0.2) is 19.6 Å². The number of benzene rings is 2. The van der Waals surface area contributed by atoms with E-state index >= 15 is 0 Å². The zero-order valence-corrected chi connectivity index (χ0v) is 20.0. The molecule has 176 valence electrons. The maximum Gasteiger partial charge on any atom is 0.252 e. The van der Waals surface area contributed by atoms with Crippen molar-refractivity contribution in [3.63, 3.8) is 0 Å². The first kappa shape index (κ1) is 22.1. The highest BCUT2D eigenvalue weighted by Crippen LogP contribution is 2.37. The van der Waals surface area contributed by atoms with E-state index in [4.69, 9.17) is 16.6 Å². The molecule has 1 amide bonds. The number of para-hydroxylation sites is 1. The third kappa shape index (κ3) is 4.14. The van der Waals surface area contributed by atoms with E-state index in [9.17, 15) is 4.79 Å². The molecule has 0 saturated heterocycles. The van der Waals surface area contributed by atoms with Crippen LogP contribution in [0.1, 0.15) is 39.2 Å². The average molecular weight is 493 g/mol. The van der Waals surface area contributed by atoms with Crippen LogP contribution in [0.2, 0.25) is 5.02 Å². The Morgan fingerprint density at radius 2 is 1.92 bits per heavy atom. The summed E-state index contributed by atoms with van der Waals surface area (Å²) in [5, 5.41) is 8.84. The van der Waals surface area contributed by atoms with Crippen LogP contribution in [0.25, 0.3) is 28.4 Å². The van der Waals surface area contributed by atoms with Crippen LogP contribution in [0.5, 0.6) is 0 Å². The highest BCUT2D eigenvalue weighted by molar-refractivity contribution is 6.30. The Labute approximate surface area is 212 Å². The van der Waals surface area contributed by atoms with E-state index in [2.05, 4.69) is 26.5 Å². The van der Waals surface area contributed by atoms with Crippen LogP contribution < -0.4 is 5.32 Å². The third-order valence-corrected chi connectivity index (χ3v) is 6.57. The van der Waals surface area contributed by atoms with Crippen LogP contribution in [0.3, 0.4) is 0 Å². The van der Waals surface area contributed by atoms with Crippen molar-refractivity contribution < 1.29 is 4.79 Å². The minimum absolute atomic E-state index is 0.133. The van der Waals surface area contributed by atoms with Gasteiger partial charge in [0.1, 0.15) is 12.7 Å². The number of fused-ring (bicyclic) bond motifs is 2. The molecule has 7 nitrogen and oxygen atoms in total. The van der Waals surface area contributed by atoms with Gasteiger partial charge in [-0.1, -0.05) is 48.0 Å². The Kier molecular flexibility index (Phi) is 5.75. The summed E-state index contributed by atoms with van der Waals surface area (Å²) < 4.78 is 1.59. The van der Waals surface area contributed by atoms with Crippen molar-refractivity contribution in [1.29, 1.82) is 0 Å². The second-order valence-electron chi connectivity index (χ2n) is 8.56. The van der Waals surface area contributed by atoms with Gasteiger partial charge in [0.25, 0.3) is 5.91 Å². The van der Waals surface area contributed by atoms with Gasteiger partial charge < -0.3 is 5.32 Å². The molecule has 3 heterocycles. The normalized spacial score (nSPS) is 13.8. The maximum absolute atomic E-state index is 13.7. The van der Waals surface area contributed by atoms with E-state index in [1.165, 1.54) is 6.33 Å². The molecule has 1 aliphatic rings. The van der Waals surface area contributed by atoms with Crippen LogP contribution in [-0.4, -0.2) is 30.6 Å². The molecular formula is C28H21ClN6O. The van der Waals surface area contributed by atoms with Gasteiger partial charge in [0.05, 0.1) is 16.8 Å². The van der Waals surface area contributed by atoms with Crippen molar-refractivity contribution in [2.75, 3.05) is 0 Å². The molecule has 6 rings (SSSR count). The quantitative estimate of drug-likeness (QED) is 0.360. The van der Waals surface area contributed by atoms with Crippen molar-refractivity contribution in [2.45, 2.75) is 19.4 Å². The largest absolute Gasteiger partial charge is 0.348 e. The van der Waals surface area contributed by atoms with Crippen molar-refractivity contribution in [3.8, 4) is 5.82 Å². The average Bonchev–Trinajstić information content (AvgIpc) is 3.58. The molecule has 0 spiro atoms. The lowest BCUT2D eigenvalue weighted by molar-refractivity contribution is 0.0951. The predicted molar refractivity (Wildman–Crippen MR) is 140 cm³/mol. The van der Waals surface area contributed by atoms with Gasteiger partial charge in [-0.3, -0.25) is 4.79 Å². The number of nitrogens with zero attached hydrogens (tertiary/aromatic N) is 5. The monoisotopic (exact) mass is 492 g/mol. The first-order valence-corrected chi connectivity index (χ1v) is 12.0. The topological polar surface area (TPSA) is 85.6 Å². The van der Waals surface area contributed by atoms with E-state index in [-0.39, 0.29) is 5.91 Å². The summed E-state index contributed by atoms with van der Waals surface area (Å²) in [4.78, 5) is 27.0. The summed E-state index contributed by atoms with van der Waals surface area (Å²) >= 11 is 6.05. The van der Waals surface area contributed by atoms with E-state index < -0.39 is 0 Å². The van der Waals surface area contributed by atoms with Crippen molar-refractivity contribution >= 4 is 40.1 Å². The molecule has 3 aromatic heterocycles. The number of rotatable bonds is 5. The van der Waals surface area contributed by atoms with Crippen molar-refractivity contribution in [2.24, 2.45) is 0 Å². The zero-order chi connectivity index (χ0) is 24.5. The zero-order valence-electron chi connectivity index (χ0n) is 19.2. The first-order chi connectivity index (χ1) is 17.7. The fraction of sp³-hybridized carbons (Fsp3) is 0.107. The van der Waals surface area contributed by atoms with Gasteiger partial charge in [-0.05, 0) is 59.9 Å². The molecule has 1 N–H and O–H groups in total. The van der Waals surface area contributed by atoms with Gasteiger partial charge >= 0.3 is 0 Å². The Hall–Kier alpha value is -4.36. The Morgan fingerprint density at radius 1 is 1.06 bits per heavy atom. The molecule has 1 aliphatic carbocycles. The van der Waals surface area contributed by atoms with Crippen LogP contribution in [0.4, 0.5) is 0 Å². The molecule has 0 bridgehead atoms. The Balaban J connectivity index is 1.37. The number of amides is 1. The van der Waals surface area contributed by atoms with Crippen molar-refractivity contribution in [3.05, 3.63) is 112 Å². The third-order valence-electron chi connectivity index (χ3n) is 6.32. The van der Waals surface area contributed by atoms with E-state index in [0.717, 1.165) is 51.7 Å². The Morgan fingerprint density at radius 3 is 2.75 bits per heavy atom. The molecule has 8 heteroatoms. The number of hydrogen-bond donors (Lipinski definition) is 1. The fourth-order valence-corrected chi connectivity index (χ4v) is 4.78. The summed E-state index contributed by atoms with van der Waals surface area (Å²) in [5.74, 6) is 0.499. The number of halogens is 1. The Bertz CT molecular complexity index is 1610. The number of pyridine rings is 2. The second kappa shape index (κ2) is 9.36. The first-order valence-electron chi connectivity index (χ1n) is 11.6. The highest BCUT2D eigenvalue weighted by atomic mass is 35.5. The number of carbonyl (C=O) groups excluding carboxylic acids is 1. The summed E-state index contributed by atoms with van der Waals surface area (Å²) in [6.07, 6.45) is 8.45. The number of carbonyl (C=O) groups is 1. The van der Waals surface area contributed by atoms with Crippen LogP contribution >= 0.6 is 11.6 Å². The number of hydrogen-bond acceptors (Lipinski definition) is 5. The molecule has 0 unspecified atom stereocenters. The molecule has 0 radical (unpaired) electrons. The SMILES string of the molecule is O=C(NCc1cccnc1-n1cncn1)c1c2c(nc3ccccc13)/C(=C\c1ccc(Cl)cc1)CC2. The van der Waals surface area contributed by atoms with E-state index in [1.807, 2.05) is 60.7 Å². The molecular weight excluding hydrogens is 472 g/mol. The molecule has 0 atom stereocenters. The highest BCUT2D eigenvalue weighted by Gasteiger charge is 2.27. The van der Waals surface area contributed by atoms with Crippen molar-refractivity contribution in [1.82, 2.24) is 30.0 Å². The number of aromatic nitrogens is 5. The molecule has 0 saturated carbocycles. The number of allylic oxidation sites excluding steroid dienone is 1. The summed E-state index contributed by atoms with van der Waals surface area (Å²) in [6, 6.07) is 19.3. The molecule has 0 fully saturated rings. The minimum Gasteiger partial charge on any atom is -0.348 e. The molecule has 36 heavy (non-hydrogen) atoms. The van der Waals surface area contributed by atoms with Crippen LogP contribution in [0, 0.1) is 0 Å². The summed E-state index contributed by atoms with van der Waals surface area (Å²) in [5.41, 5.74) is 6.37. The molecule has 0 aliphatic heterocycles. The van der Waals surface area contributed by atoms with Crippen LogP contribution in [0.15, 0.2) is 79.5 Å². The lowest BCUT2D eigenvalue weighted by Gasteiger charge is -2.14. The van der Waals surface area contributed by atoms with Gasteiger partial charge in [0, 0.05) is 28.7 Å². The smallest absolute Gasteiger partial charge is 0.252 e. The van der Waals surface area contributed by atoms with Gasteiger partial charge in [0.15, 0.2) is 5.82 Å².